The summed E-state index contributed by atoms with van der Waals surface area (Å²) >= 11 is 0. The van der Waals surface area contributed by atoms with Crippen LogP contribution in [0.3, 0.4) is 0 Å². The smallest absolute Gasteiger partial charge is 0.259 e. The van der Waals surface area contributed by atoms with Gasteiger partial charge in [-0.25, -0.2) is 0 Å². The molecule has 0 bridgehead atoms. The SMILES string of the molecule is Cn1ncc(C(=O)N2CCN(CC3CCCO3)CC2)c1-n1cccc1. The molecule has 134 valence electrons. The monoisotopic (exact) mass is 343 g/mol. The molecule has 2 aromatic rings. The van der Waals surface area contributed by atoms with Gasteiger partial charge in [0.25, 0.3) is 5.91 Å². The highest BCUT2D eigenvalue weighted by atomic mass is 16.5. The van der Waals surface area contributed by atoms with Gasteiger partial charge in [0, 0.05) is 58.8 Å². The Bertz CT molecular complexity index is 710. The van der Waals surface area contributed by atoms with Gasteiger partial charge in [-0.05, 0) is 25.0 Å². The van der Waals surface area contributed by atoms with E-state index in [-0.39, 0.29) is 5.91 Å². The molecule has 2 saturated heterocycles. The molecule has 2 aliphatic rings. The number of hydrogen-bond acceptors (Lipinski definition) is 4. The second kappa shape index (κ2) is 7.01. The molecule has 2 fully saturated rings. The molecule has 4 rings (SSSR count). The Labute approximate surface area is 147 Å². The maximum atomic E-state index is 13.0. The molecule has 0 aromatic carbocycles. The fraction of sp³-hybridized carbons (Fsp3) is 0.556. The van der Waals surface area contributed by atoms with Crippen molar-refractivity contribution < 1.29 is 9.53 Å². The Morgan fingerprint density at radius 1 is 1.24 bits per heavy atom. The van der Waals surface area contributed by atoms with Gasteiger partial charge >= 0.3 is 0 Å². The summed E-state index contributed by atoms with van der Waals surface area (Å²) in [6, 6.07) is 3.90. The summed E-state index contributed by atoms with van der Waals surface area (Å²) in [5.74, 6) is 0.880. The van der Waals surface area contributed by atoms with E-state index in [4.69, 9.17) is 4.74 Å². The van der Waals surface area contributed by atoms with Gasteiger partial charge in [0.05, 0.1) is 12.3 Å². The van der Waals surface area contributed by atoms with Crippen LogP contribution in [0.25, 0.3) is 5.82 Å². The van der Waals surface area contributed by atoms with Crippen molar-refractivity contribution in [3.05, 3.63) is 36.3 Å². The molecule has 1 unspecified atom stereocenters. The molecule has 7 nitrogen and oxygen atoms in total. The normalized spacial score (nSPS) is 21.8. The van der Waals surface area contributed by atoms with E-state index in [0.29, 0.717) is 11.7 Å². The van der Waals surface area contributed by atoms with Crippen LogP contribution in [0.5, 0.6) is 0 Å². The Morgan fingerprint density at radius 3 is 2.68 bits per heavy atom. The average Bonchev–Trinajstić information content (AvgIpc) is 3.36. The van der Waals surface area contributed by atoms with Crippen molar-refractivity contribution in [2.75, 3.05) is 39.3 Å². The molecule has 2 aromatic heterocycles. The highest BCUT2D eigenvalue weighted by Gasteiger charge is 2.28. The maximum absolute atomic E-state index is 13.0. The molecule has 25 heavy (non-hydrogen) atoms. The summed E-state index contributed by atoms with van der Waals surface area (Å²) in [5, 5.41) is 4.29. The minimum Gasteiger partial charge on any atom is -0.377 e. The first-order chi connectivity index (χ1) is 12.2. The number of carbonyl (C=O) groups excluding carboxylic acids is 1. The van der Waals surface area contributed by atoms with Gasteiger partial charge in [0.15, 0.2) is 0 Å². The van der Waals surface area contributed by atoms with Crippen LogP contribution in [-0.4, -0.2) is 75.5 Å². The van der Waals surface area contributed by atoms with Crippen molar-refractivity contribution in [2.24, 2.45) is 7.05 Å². The summed E-state index contributed by atoms with van der Waals surface area (Å²) in [6.07, 6.45) is 8.26. The van der Waals surface area contributed by atoms with Crippen LogP contribution >= 0.6 is 0 Å². The number of amides is 1. The number of rotatable bonds is 4. The van der Waals surface area contributed by atoms with Crippen molar-refractivity contribution in [1.29, 1.82) is 0 Å². The lowest BCUT2D eigenvalue weighted by atomic mass is 10.2. The molecule has 4 heterocycles. The van der Waals surface area contributed by atoms with E-state index in [1.54, 1.807) is 10.9 Å². The number of aryl methyl sites for hydroxylation is 1. The van der Waals surface area contributed by atoms with Crippen molar-refractivity contribution in [3.63, 3.8) is 0 Å². The number of aromatic nitrogens is 3. The van der Waals surface area contributed by atoms with Crippen LogP contribution in [0.4, 0.5) is 0 Å². The highest BCUT2D eigenvalue weighted by molar-refractivity contribution is 5.97. The Morgan fingerprint density at radius 2 is 2.00 bits per heavy atom. The molecule has 0 spiro atoms. The molecule has 1 amide bonds. The lowest BCUT2D eigenvalue weighted by Crippen LogP contribution is -2.50. The fourth-order valence-electron chi connectivity index (χ4n) is 3.74. The third-order valence-corrected chi connectivity index (χ3v) is 5.13. The van der Waals surface area contributed by atoms with E-state index in [9.17, 15) is 4.79 Å². The molecular formula is C18H25N5O2. The second-order valence-electron chi connectivity index (χ2n) is 6.82. The Hall–Kier alpha value is -2.12. The lowest BCUT2D eigenvalue weighted by molar-refractivity contribution is 0.0432. The quantitative estimate of drug-likeness (QED) is 0.836. The predicted molar refractivity (Wildman–Crippen MR) is 93.9 cm³/mol. The van der Waals surface area contributed by atoms with Crippen LogP contribution in [0, 0.1) is 0 Å². The van der Waals surface area contributed by atoms with Gasteiger partial charge in [0.1, 0.15) is 11.4 Å². The Balaban J connectivity index is 1.41. The topological polar surface area (TPSA) is 55.5 Å². The van der Waals surface area contributed by atoms with E-state index in [2.05, 4.69) is 10.00 Å². The minimum absolute atomic E-state index is 0.0635. The van der Waals surface area contributed by atoms with Crippen molar-refractivity contribution in [1.82, 2.24) is 24.1 Å². The van der Waals surface area contributed by atoms with Gasteiger partial charge < -0.3 is 14.2 Å². The number of piperazine rings is 1. The predicted octanol–water partition coefficient (Wildman–Crippen LogP) is 1.15. The largest absolute Gasteiger partial charge is 0.377 e. The van der Waals surface area contributed by atoms with Crippen LogP contribution < -0.4 is 0 Å². The van der Waals surface area contributed by atoms with E-state index >= 15 is 0 Å². The zero-order valence-corrected chi connectivity index (χ0v) is 14.7. The van der Waals surface area contributed by atoms with E-state index < -0.39 is 0 Å². The van der Waals surface area contributed by atoms with E-state index in [0.717, 1.165) is 51.6 Å². The number of nitrogens with zero attached hydrogens (tertiary/aromatic N) is 5. The van der Waals surface area contributed by atoms with Gasteiger partial charge in [-0.2, -0.15) is 5.10 Å². The van der Waals surface area contributed by atoms with Crippen LogP contribution in [0.1, 0.15) is 23.2 Å². The molecule has 2 aliphatic heterocycles. The average molecular weight is 343 g/mol. The minimum atomic E-state index is 0.0635. The second-order valence-corrected chi connectivity index (χ2v) is 6.82. The Kier molecular flexibility index (Phi) is 4.59. The van der Waals surface area contributed by atoms with Crippen LogP contribution in [0.2, 0.25) is 0 Å². The first kappa shape index (κ1) is 16.4. The third-order valence-electron chi connectivity index (χ3n) is 5.13. The molecule has 0 saturated carbocycles. The molecule has 1 atom stereocenters. The summed E-state index contributed by atoms with van der Waals surface area (Å²) in [4.78, 5) is 17.3. The van der Waals surface area contributed by atoms with Crippen molar-refractivity contribution in [3.8, 4) is 5.82 Å². The zero-order valence-electron chi connectivity index (χ0n) is 14.7. The molecule has 7 heteroatoms. The summed E-state index contributed by atoms with van der Waals surface area (Å²) in [7, 11) is 1.87. The third kappa shape index (κ3) is 3.34. The number of ether oxygens (including phenoxy) is 1. The van der Waals surface area contributed by atoms with E-state index in [1.807, 2.05) is 41.0 Å². The number of hydrogen-bond donors (Lipinski definition) is 0. The summed E-state index contributed by atoms with van der Waals surface area (Å²) in [6.45, 7) is 5.21. The molecule has 0 aliphatic carbocycles. The van der Waals surface area contributed by atoms with Gasteiger partial charge in [-0.3, -0.25) is 14.4 Å². The summed E-state index contributed by atoms with van der Waals surface area (Å²) in [5.41, 5.74) is 0.659. The number of carbonyl (C=O) groups is 1. The molecule has 0 N–H and O–H groups in total. The lowest BCUT2D eigenvalue weighted by Gasteiger charge is -2.35. The van der Waals surface area contributed by atoms with Crippen LogP contribution in [0.15, 0.2) is 30.7 Å². The maximum Gasteiger partial charge on any atom is 0.259 e. The van der Waals surface area contributed by atoms with Gasteiger partial charge in [-0.15, -0.1) is 0 Å². The summed E-state index contributed by atoms with van der Waals surface area (Å²) < 4.78 is 9.41. The van der Waals surface area contributed by atoms with Gasteiger partial charge in [-0.1, -0.05) is 0 Å². The van der Waals surface area contributed by atoms with Crippen molar-refractivity contribution >= 4 is 5.91 Å². The highest BCUT2D eigenvalue weighted by Crippen LogP contribution is 2.18. The molecule has 0 radical (unpaired) electrons. The van der Waals surface area contributed by atoms with Crippen molar-refractivity contribution in [2.45, 2.75) is 18.9 Å². The zero-order chi connectivity index (χ0) is 17.2. The first-order valence-corrected chi connectivity index (χ1v) is 9.01. The fourth-order valence-corrected chi connectivity index (χ4v) is 3.74. The molecular weight excluding hydrogens is 318 g/mol. The van der Waals surface area contributed by atoms with Crippen LogP contribution in [-0.2, 0) is 11.8 Å². The van der Waals surface area contributed by atoms with Gasteiger partial charge in [0.2, 0.25) is 0 Å². The standard InChI is InChI=1S/C18H25N5O2/c1-20-17(22-6-2-3-7-22)16(13-19-20)18(24)23-10-8-21(9-11-23)14-15-5-4-12-25-15/h2-3,6-7,13,15H,4-5,8-12,14H2,1H3. The first-order valence-electron chi connectivity index (χ1n) is 9.01. The van der Waals surface area contributed by atoms with E-state index in [1.165, 1.54) is 6.42 Å².